The molecule has 0 unspecified atom stereocenters. The van der Waals surface area contributed by atoms with Crippen LogP contribution in [0, 0.1) is 6.92 Å². The van der Waals surface area contributed by atoms with Gasteiger partial charge in [-0.1, -0.05) is 84.2 Å². The minimum Gasteiger partial charge on any atom is -0.301 e. The Morgan fingerprint density at radius 3 is 2.39 bits per heavy atom. The molecule has 2 aromatic carbocycles. The first kappa shape index (κ1) is 23.2. The number of nitrogens with one attached hydrogen (secondary N) is 1. The molecule has 0 atom stereocenters. The van der Waals surface area contributed by atoms with Crippen molar-refractivity contribution in [2.75, 3.05) is 16.8 Å². The third-order valence-corrected chi connectivity index (χ3v) is 6.93. The summed E-state index contributed by atoms with van der Waals surface area (Å²) in [5, 5.41) is 6.54. The number of aryl methyl sites for hydroxylation is 1. The van der Waals surface area contributed by atoms with Gasteiger partial charge in [-0.2, -0.15) is 0 Å². The van der Waals surface area contributed by atoms with E-state index in [9.17, 15) is 9.59 Å². The number of nitrogens with zero attached hydrogens (tertiary/aromatic N) is 3. The van der Waals surface area contributed by atoms with E-state index in [2.05, 4.69) is 20.3 Å². The molecule has 4 aromatic rings. The summed E-state index contributed by atoms with van der Waals surface area (Å²) in [5.41, 5.74) is 3.30. The molecule has 0 radical (unpaired) electrons. The SMILES string of the molecule is Cc1cc(SCC(=O)Nc2nc(-c3ccccc3)cs2)nc(SCC(=O)c2ccccc2)n1. The van der Waals surface area contributed by atoms with E-state index < -0.39 is 0 Å². The van der Waals surface area contributed by atoms with Gasteiger partial charge in [-0.3, -0.25) is 9.59 Å². The Morgan fingerprint density at radius 2 is 1.64 bits per heavy atom. The average molecular weight is 493 g/mol. The molecule has 2 heterocycles. The molecule has 4 rings (SSSR count). The highest BCUT2D eigenvalue weighted by Gasteiger charge is 2.12. The van der Waals surface area contributed by atoms with Crippen LogP contribution in [0.25, 0.3) is 11.3 Å². The summed E-state index contributed by atoms with van der Waals surface area (Å²) in [6, 6.07) is 20.8. The van der Waals surface area contributed by atoms with E-state index in [-0.39, 0.29) is 23.2 Å². The van der Waals surface area contributed by atoms with Crippen LogP contribution in [0.4, 0.5) is 5.13 Å². The topological polar surface area (TPSA) is 84.8 Å². The van der Waals surface area contributed by atoms with Gasteiger partial charge in [0, 0.05) is 22.2 Å². The Morgan fingerprint density at radius 1 is 0.909 bits per heavy atom. The van der Waals surface area contributed by atoms with Gasteiger partial charge in [-0.05, 0) is 13.0 Å². The minimum absolute atomic E-state index is 0.0256. The van der Waals surface area contributed by atoms with Crippen LogP contribution < -0.4 is 5.32 Å². The van der Waals surface area contributed by atoms with Crippen LogP contribution in [0.3, 0.4) is 0 Å². The van der Waals surface area contributed by atoms with E-state index in [1.54, 1.807) is 12.1 Å². The Hall–Kier alpha value is -3.01. The standard InChI is InChI=1S/C24H20N4O2S3/c1-16-12-22(28-23(25-16)33-14-20(29)18-10-6-3-7-11-18)31-15-21(30)27-24-26-19(13-32-24)17-8-4-2-5-9-17/h2-13H,14-15H2,1H3,(H,26,27,30). The van der Waals surface area contributed by atoms with Crippen molar-refractivity contribution in [1.82, 2.24) is 15.0 Å². The molecule has 9 heteroatoms. The highest BCUT2D eigenvalue weighted by Crippen LogP contribution is 2.25. The number of Topliss-reactive ketones (excluding diaryl/α,β-unsaturated/α-hetero) is 1. The van der Waals surface area contributed by atoms with Gasteiger partial charge in [0.2, 0.25) is 5.91 Å². The summed E-state index contributed by atoms with van der Waals surface area (Å²) in [5.74, 6) is 0.326. The lowest BCUT2D eigenvalue weighted by atomic mass is 10.2. The fourth-order valence-electron chi connectivity index (χ4n) is 2.86. The lowest BCUT2D eigenvalue weighted by Gasteiger charge is -2.06. The van der Waals surface area contributed by atoms with Crippen molar-refractivity contribution in [2.24, 2.45) is 0 Å². The molecule has 0 aliphatic heterocycles. The second kappa shape index (κ2) is 11.2. The van der Waals surface area contributed by atoms with E-state index in [0.717, 1.165) is 17.0 Å². The molecule has 0 aliphatic carbocycles. The summed E-state index contributed by atoms with van der Waals surface area (Å²) >= 11 is 4.01. The molecule has 2 aromatic heterocycles. The van der Waals surface area contributed by atoms with E-state index >= 15 is 0 Å². The fraction of sp³-hybridized carbons (Fsp3) is 0.125. The van der Waals surface area contributed by atoms with Crippen molar-refractivity contribution in [3.05, 3.63) is 83.4 Å². The van der Waals surface area contributed by atoms with Gasteiger partial charge in [0.25, 0.3) is 0 Å². The number of amides is 1. The van der Waals surface area contributed by atoms with Crippen LogP contribution in [0.2, 0.25) is 0 Å². The van der Waals surface area contributed by atoms with Gasteiger partial charge < -0.3 is 5.32 Å². The van der Waals surface area contributed by atoms with E-state index in [0.29, 0.717) is 20.9 Å². The second-order valence-corrected chi connectivity index (χ2v) is 9.75. The summed E-state index contributed by atoms with van der Waals surface area (Å²) < 4.78 is 0. The molecule has 1 N–H and O–H groups in total. The summed E-state index contributed by atoms with van der Waals surface area (Å²) in [7, 11) is 0. The Labute approximate surface area is 204 Å². The normalized spacial score (nSPS) is 10.7. The number of benzene rings is 2. The number of hydrogen-bond donors (Lipinski definition) is 1. The molecule has 6 nitrogen and oxygen atoms in total. The van der Waals surface area contributed by atoms with E-state index in [4.69, 9.17) is 0 Å². The number of rotatable bonds is 9. The van der Waals surface area contributed by atoms with Crippen molar-refractivity contribution in [2.45, 2.75) is 17.1 Å². The quantitative estimate of drug-likeness (QED) is 0.141. The molecule has 0 saturated carbocycles. The molecule has 0 spiro atoms. The zero-order chi connectivity index (χ0) is 23.0. The van der Waals surface area contributed by atoms with Crippen LogP contribution in [-0.2, 0) is 4.79 Å². The van der Waals surface area contributed by atoms with Crippen molar-refractivity contribution < 1.29 is 9.59 Å². The van der Waals surface area contributed by atoms with Crippen LogP contribution in [0.15, 0.2) is 82.3 Å². The number of thioether (sulfide) groups is 2. The van der Waals surface area contributed by atoms with Crippen molar-refractivity contribution >= 4 is 51.7 Å². The number of carbonyl (C=O) groups excluding carboxylic acids is 2. The zero-order valence-electron chi connectivity index (χ0n) is 17.7. The molecular formula is C24H20N4O2S3. The number of anilines is 1. The van der Waals surface area contributed by atoms with Gasteiger partial charge in [0.1, 0.15) is 5.03 Å². The van der Waals surface area contributed by atoms with Gasteiger partial charge in [-0.25, -0.2) is 15.0 Å². The van der Waals surface area contributed by atoms with Crippen molar-refractivity contribution in [1.29, 1.82) is 0 Å². The lowest BCUT2D eigenvalue weighted by molar-refractivity contribution is -0.113. The predicted molar refractivity (Wildman–Crippen MR) is 135 cm³/mol. The molecule has 166 valence electrons. The minimum atomic E-state index is -0.154. The van der Waals surface area contributed by atoms with Crippen LogP contribution in [0.1, 0.15) is 16.1 Å². The third-order valence-electron chi connectivity index (χ3n) is 4.41. The molecule has 0 aliphatic rings. The van der Waals surface area contributed by atoms with E-state index in [1.807, 2.05) is 66.9 Å². The largest absolute Gasteiger partial charge is 0.301 e. The summed E-state index contributed by atoms with van der Waals surface area (Å²) in [6.45, 7) is 1.87. The van der Waals surface area contributed by atoms with Gasteiger partial charge in [0.05, 0.1) is 17.2 Å². The zero-order valence-corrected chi connectivity index (χ0v) is 20.2. The lowest BCUT2D eigenvalue weighted by Crippen LogP contribution is -2.14. The van der Waals surface area contributed by atoms with Crippen LogP contribution >= 0.6 is 34.9 Å². The van der Waals surface area contributed by atoms with Crippen LogP contribution in [-0.4, -0.2) is 38.1 Å². The van der Waals surface area contributed by atoms with Crippen LogP contribution in [0.5, 0.6) is 0 Å². The number of carbonyl (C=O) groups is 2. The van der Waals surface area contributed by atoms with Crippen molar-refractivity contribution in [3.8, 4) is 11.3 Å². The fourth-order valence-corrected chi connectivity index (χ4v) is 5.20. The average Bonchev–Trinajstić information content (AvgIpc) is 3.30. The van der Waals surface area contributed by atoms with Gasteiger partial charge in [-0.15, -0.1) is 11.3 Å². The highest BCUT2D eigenvalue weighted by molar-refractivity contribution is 8.00. The summed E-state index contributed by atoms with van der Waals surface area (Å²) in [6.07, 6.45) is 0. The molecule has 33 heavy (non-hydrogen) atoms. The maximum atomic E-state index is 12.4. The number of ketones is 1. The first-order chi connectivity index (χ1) is 16.1. The van der Waals surface area contributed by atoms with Crippen molar-refractivity contribution in [3.63, 3.8) is 0 Å². The number of aromatic nitrogens is 3. The first-order valence-electron chi connectivity index (χ1n) is 10.1. The third kappa shape index (κ3) is 6.74. The predicted octanol–water partition coefficient (Wildman–Crippen LogP) is 5.61. The molecule has 1 amide bonds. The first-order valence-corrected chi connectivity index (χ1v) is 12.9. The summed E-state index contributed by atoms with van der Waals surface area (Å²) in [4.78, 5) is 38.1. The van der Waals surface area contributed by atoms with Gasteiger partial charge in [0.15, 0.2) is 16.1 Å². The highest BCUT2D eigenvalue weighted by atomic mass is 32.2. The monoisotopic (exact) mass is 492 g/mol. The molecule has 0 bridgehead atoms. The van der Waals surface area contributed by atoms with Gasteiger partial charge >= 0.3 is 0 Å². The maximum Gasteiger partial charge on any atom is 0.236 e. The number of hydrogen-bond acceptors (Lipinski definition) is 8. The molecule has 0 fully saturated rings. The maximum absolute atomic E-state index is 12.4. The number of thiazole rings is 1. The Bertz CT molecular complexity index is 1250. The Kier molecular flexibility index (Phi) is 7.87. The molecular weight excluding hydrogens is 472 g/mol. The Balaban J connectivity index is 1.31. The second-order valence-electron chi connectivity index (χ2n) is 6.95. The molecule has 0 saturated heterocycles. The van der Waals surface area contributed by atoms with E-state index in [1.165, 1.54) is 34.9 Å². The smallest absolute Gasteiger partial charge is 0.236 e.